The Labute approximate surface area is 194 Å². The maximum Gasteiger partial charge on any atom is 0.000516 e. The van der Waals surface area contributed by atoms with Gasteiger partial charge in [-0.05, 0) is 99.7 Å². The van der Waals surface area contributed by atoms with Crippen LogP contribution < -0.4 is 10.6 Å². The minimum atomic E-state index is 0.395. The van der Waals surface area contributed by atoms with Gasteiger partial charge in [0.15, 0.2) is 0 Å². The molecular weight excluding hydrogens is 376 g/mol. The van der Waals surface area contributed by atoms with Crippen molar-refractivity contribution in [3.63, 3.8) is 0 Å². The summed E-state index contributed by atoms with van der Waals surface area (Å²) in [6.45, 7) is 14.5. The molecule has 1 aliphatic rings. The molecule has 0 radical (unpaired) electrons. The standard InChI is InChI=1S/C29H52N2/c1-5-7-17-28(3)18-16-27(15-12-21-30-20-8-6-2)24-29(4,19-22-31-25-28)23-26-13-10-9-11-14-26/h9-11,13-14,27,30-31H,5-8,12,15-25H2,1-4H3. The van der Waals surface area contributed by atoms with E-state index in [0.717, 1.165) is 12.5 Å². The van der Waals surface area contributed by atoms with Crippen LogP contribution in [-0.2, 0) is 6.42 Å². The zero-order chi connectivity index (χ0) is 22.4. The molecule has 178 valence electrons. The molecule has 2 heteroatoms. The molecule has 1 saturated heterocycles. The van der Waals surface area contributed by atoms with Crippen LogP contribution in [0.25, 0.3) is 0 Å². The summed E-state index contributed by atoms with van der Waals surface area (Å²) in [5.74, 6) is 0.862. The molecule has 31 heavy (non-hydrogen) atoms. The molecule has 1 aromatic rings. The van der Waals surface area contributed by atoms with Crippen LogP contribution in [0, 0.1) is 16.7 Å². The second-order valence-electron chi connectivity index (χ2n) is 11.2. The summed E-state index contributed by atoms with van der Waals surface area (Å²) in [5.41, 5.74) is 2.38. The van der Waals surface area contributed by atoms with E-state index in [0.29, 0.717) is 10.8 Å². The molecule has 0 saturated carbocycles. The van der Waals surface area contributed by atoms with Crippen molar-refractivity contribution in [2.24, 2.45) is 16.7 Å². The molecular formula is C29H52N2. The molecule has 3 unspecified atom stereocenters. The van der Waals surface area contributed by atoms with Crippen LogP contribution in [-0.4, -0.2) is 26.2 Å². The molecule has 1 heterocycles. The van der Waals surface area contributed by atoms with E-state index in [4.69, 9.17) is 0 Å². The summed E-state index contributed by atoms with van der Waals surface area (Å²) >= 11 is 0. The Balaban J connectivity index is 2.02. The number of hydrogen-bond donors (Lipinski definition) is 2. The van der Waals surface area contributed by atoms with E-state index in [1.54, 1.807) is 0 Å². The highest BCUT2D eigenvalue weighted by molar-refractivity contribution is 5.16. The smallest absolute Gasteiger partial charge is 0.000516 e. The Morgan fingerprint density at radius 1 is 0.935 bits per heavy atom. The van der Waals surface area contributed by atoms with Crippen LogP contribution in [0.4, 0.5) is 0 Å². The quantitative estimate of drug-likeness (QED) is 0.339. The predicted octanol–water partition coefficient (Wildman–Crippen LogP) is 7.38. The first kappa shape index (κ1) is 26.4. The highest BCUT2D eigenvalue weighted by Crippen LogP contribution is 2.40. The highest BCUT2D eigenvalue weighted by atomic mass is 14.9. The van der Waals surface area contributed by atoms with Crippen molar-refractivity contribution in [1.29, 1.82) is 0 Å². The van der Waals surface area contributed by atoms with Gasteiger partial charge in [0.05, 0.1) is 0 Å². The number of rotatable bonds is 12. The van der Waals surface area contributed by atoms with Crippen molar-refractivity contribution >= 4 is 0 Å². The highest BCUT2D eigenvalue weighted by Gasteiger charge is 2.32. The van der Waals surface area contributed by atoms with Gasteiger partial charge in [-0.15, -0.1) is 0 Å². The molecule has 1 aliphatic heterocycles. The SMILES string of the molecule is CCCCNCCCC1CCC(C)(CCCC)CNCCC(C)(Cc2ccccc2)C1. The van der Waals surface area contributed by atoms with Crippen LogP contribution in [0.2, 0.25) is 0 Å². The van der Waals surface area contributed by atoms with Crippen molar-refractivity contribution < 1.29 is 0 Å². The average molecular weight is 429 g/mol. The van der Waals surface area contributed by atoms with Crippen LogP contribution in [0.1, 0.15) is 104 Å². The maximum absolute atomic E-state index is 3.87. The van der Waals surface area contributed by atoms with Gasteiger partial charge in [0, 0.05) is 6.54 Å². The van der Waals surface area contributed by atoms with Crippen LogP contribution in [0.15, 0.2) is 30.3 Å². The van der Waals surface area contributed by atoms with E-state index in [2.05, 4.69) is 68.7 Å². The van der Waals surface area contributed by atoms with Crippen molar-refractivity contribution in [3.8, 4) is 0 Å². The molecule has 2 rings (SSSR count). The van der Waals surface area contributed by atoms with Gasteiger partial charge in [-0.1, -0.05) is 77.3 Å². The third kappa shape index (κ3) is 10.5. The first-order valence-corrected chi connectivity index (χ1v) is 13.4. The van der Waals surface area contributed by atoms with Crippen LogP contribution >= 0.6 is 0 Å². The van der Waals surface area contributed by atoms with Crippen molar-refractivity contribution in [1.82, 2.24) is 10.6 Å². The van der Waals surface area contributed by atoms with E-state index in [-0.39, 0.29) is 0 Å². The number of unbranched alkanes of at least 4 members (excludes halogenated alkanes) is 2. The van der Waals surface area contributed by atoms with Crippen molar-refractivity contribution in [3.05, 3.63) is 35.9 Å². The maximum atomic E-state index is 3.87. The van der Waals surface area contributed by atoms with E-state index in [9.17, 15) is 0 Å². The summed E-state index contributed by atoms with van der Waals surface area (Å²) in [6, 6.07) is 11.2. The molecule has 1 fully saturated rings. The zero-order valence-electron chi connectivity index (χ0n) is 21.3. The van der Waals surface area contributed by atoms with E-state index < -0.39 is 0 Å². The van der Waals surface area contributed by atoms with Crippen LogP contribution in [0.5, 0.6) is 0 Å². The Morgan fingerprint density at radius 2 is 1.68 bits per heavy atom. The fraction of sp³-hybridized carbons (Fsp3) is 0.793. The van der Waals surface area contributed by atoms with Gasteiger partial charge in [0.1, 0.15) is 0 Å². The summed E-state index contributed by atoms with van der Waals surface area (Å²) < 4.78 is 0. The summed E-state index contributed by atoms with van der Waals surface area (Å²) in [7, 11) is 0. The Morgan fingerprint density at radius 3 is 2.42 bits per heavy atom. The van der Waals surface area contributed by atoms with Gasteiger partial charge in [-0.2, -0.15) is 0 Å². The predicted molar refractivity (Wildman–Crippen MR) is 138 cm³/mol. The van der Waals surface area contributed by atoms with Gasteiger partial charge >= 0.3 is 0 Å². The first-order valence-electron chi connectivity index (χ1n) is 13.4. The molecule has 0 spiro atoms. The summed E-state index contributed by atoms with van der Waals surface area (Å²) in [6.07, 6.45) is 16.1. The molecule has 0 aliphatic carbocycles. The van der Waals surface area contributed by atoms with Crippen molar-refractivity contribution in [2.75, 3.05) is 26.2 Å². The Hall–Kier alpha value is -0.860. The van der Waals surface area contributed by atoms with E-state index in [1.165, 1.54) is 102 Å². The molecule has 0 amide bonds. The second-order valence-corrected chi connectivity index (χ2v) is 11.2. The Bertz CT molecular complexity index is 571. The molecule has 2 nitrogen and oxygen atoms in total. The minimum Gasteiger partial charge on any atom is -0.317 e. The van der Waals surface area contributed by atoms with Gasteiger partial charge in [-0.3, -0.25) is 0 Å². The third-order valence-corrected chi connectivity index (χ3v) is 7.68. The van der Waals surface area contributed by atoms with Crippen molar-refractivity contribution in [2.45, 2.75) is 105 Å². The summed E-state index contributed by atoms with van der Waals surface area (Å²) in [5, 5.41) is 7.54. The largest absolute Gasteiger partial charge is 0.317 e. The molecule has 0 aromatic heterocycles. The fourth-order valence-corrected chi connectivity index (χ4v) is 5.58. The topological polar surface area (TPSA) is 24.1 Å². The van der Waals surface area contributed by atoms with E-state index >= 15 is 0 Å². The lowest BCUT2D eigenvalue weighted by Crippen LogP contribution is -2.37. The monoisotopic (exact) mass is 428 g/mol. The molecule has 1 aromatic carbocycles. The molecule has 3 atom stereocenters. The van der Waals surface area contributed by atoms with Gasteiger partial charge in [-0.25, -0.2) is 0 Å². The summed E-state index contributed by atoms with van der Waals surface area (Å²) in [4.78, 5) is 0. The fourth-order valence-electron chi connectivity index (χ4n) is 5.58. The molecule has 0 bridgehead atoms. The third-order valence-electron chi connectivity index (χ3n) is 7.68. The van der Waals surface area contributed by atoms with Crippen LogP contribution in [0.3, 0.4) is 0 Å². The lowest BCUT2D eigenvalue weighted by atomic mass is 9.69. The minimum absolute atomic E-state index is 0.395. The number of nitrogens with one attached hydrogen (secondary N) is 2. The van der Waals surface area contributed by atoms with Gasteiger partial charge in [0.25, 0.3) is 0 Å². The van der Waals surface area contributed by atoms with E-state index in [1.807, 2.05) is 0 Å². The van der Waals surface area contributed by atoms with Gasteiger partial charge in [0.2, 0.25) is 0 Å². The lowest BCUT2D eigenvalue weighted by Gasteiger charge is -2.39. The van der Waals surface area contributed by atoms with Gasteiger partial charge < -0.3 is 10.6 Å². The first-order chi connectivity index (χ1) is 15.0. The number of benzene rings is 1. The Kier molecular flexibility index (Phi) is 12.2. The second kappa shape index (κ2) is 14.3. The lowest BCUT2D eigenvalue weighted by molar-refractivity contribution is 0.153. The molecule has 2 N–H and O–H groups in total. The zero-order valence-corrected chi connectivity index (χ0v) is 21.3. The number of hydrogen-bond acceptors (Lipinski definition) is 2. The average Bonchev–Trinajstić information content (AvgIpc) is 2.76. The normalized spacial score (nSPS) is 27.8.